The third-order valence-electron chi connectivity index (χ3n) is 4.35. The molecule has 0 heterocycles. The van der Waals surface area contributed by atoms with Crippen LogP contribution in [0.15, 0.2) is 48.5 Å². The minimum Gasteiger partial charge on any atom is -0.494 e. The van der Waals surface area contributed by atoms with Crippen molar-refractivity contribution in [1.29, 1.82) is 0 Å². The number of carbonyl (C=O) groups is 1. The molecular formula is C20H23NO2. The van der Waals surface area contributed by atoms with Gasteiger partial charge in [0.1, 0.15) is 5.75 Å². The molecule has 0 aliphatic heterocycles. The highest BCUT2D eigenvalue weighted by Crippen LogP contribution is 2.34. The van der Waals surface area contributed by atoms with Crippen LogP contribution in [0.3, 0.4) is 0 Å². The molecule has 2 aromatic carbocycles. The number of nitrogens with one attached hydrogen (secondary N) is 1. The van der Waals surface area contributed by atoms with Gasteiger partial charge in [-0.3, -0.25) is 4.79 Å². The van der Waals surface area contributed by atoms with Crippen LogP contribution in [0.25, 0.3) is 0 Å². The van der Waals surface area contributed by atoms with Crippen LogP contribution in [-0.4, -0.2) is 19.1 Å². The van der Waals surface area contributed by atoms with E-state index in [0.717, 1.165) is 31.6 Å². The molecule has 1 aliphatic carbocycles. The Bertz CT molecular complexity index is 664. The lowest BCUT2D eigenvalue weighted by molar-refractivity contribution is 0.0950. The molecule has 1 amide bonds. The summed E-state index contributed by atoms with van der Waals surface area (Å²) in [4.78, 5) is 12.2. The van der Waals surface area contributed by atoms with Gasteiger partial charge in [0.25, 0.3) is 5.91 Å². The van der Waals surface area contributed by atoms with E-state index in [0.29, 0.717) is 18.0 Å². The molecular weight excluding hydrogens is 286 g/mol. The van der Waals surface area contributed by atoms with E-state index in [1.165, 1.54) is 11.1 Å². The molecule has 0 fully saturated rings. The zero-order chi connectivity index (χ0) is 16.1. The minimum atomic E-state index is -0.0190. The second-order valence-electron chi connectivity index (χ2n) is 6.04. The number of rotatable bonds is 7. The molecule has 0 saturated carbocycles. The Hall–Kier alpha value is -2.29. The molecule has 1 atom stereocenters. The number of carbonyl (C=O) groups excluding carboxylic acids is 1. The SMILES string of the molecule is CCCCOc1ccc(C(=O)NCC2Cc3ccccc32)cc1. The summed E-state index contributed by atoms with van der Waals surface area (Å²) in [5, 5.41) is 3.03. The number of unbranched alkanes of at least 4 members (excludes halogenated alkanes) is 1. The first-order chi connectivity index (χ1) is 11.3. The minimum absolute atomic E-state index is 0.0190. The molecule has 0 saturated heterocycles. The number of fused-ring (bicyclic) bond motifs is 1. The van der Waals surface area contributed by atoms with Crippen molar-refractivity contribution in [3.05, 3.63) is 65.2 Å². The summed E-state index contributed by atoms with van der Waals surface area (Å²) in [7, 11) is 0. The summed E-state index contributed by atoms with van der Waals surface area (Å²) in [6.07, 6.45) is 3.22. The summed E-state index contributed by atoms with van der Waals surface area (Å²) in [6.45, 7) is 3.56. The third-order valence-corrected chi connectivity index (χ3v) is 4.35. The van der Waals surface area contributed by atoms with E-state index in [9.17, 15) is 4.79 Å². The molecule has 1 unspecified atom stereocenters. The van der Waals surface area contributed by atoms with Gasteiger partial charge in [-0.05, 0) is 48.2 Å². The summed E-state index contributed by atoms with van der Waals surface area (Å²) in [6, 6.07) is 15.8. The fourth-order valence-corrected chi connectivity index (χ4v) is 2.90. The van der Waals surface area contributed by atoms with E-state index < -0.39 is 0 Å². The maximum atomic E-state index is 12.2. The Kier molecular flexibility index (Phi) is 4.96. The standard InChI is InChI=1S/C20H23NO2/c1-2-3-12-23-18-10-8-15(9-11-18)20(22)21-14-17-13-16-6-4-5-7-19(16)17/h4-11,17H,2-3,12-14H2,1H3,(H,21,22). The van der Waals surface area contributed by atoms with Gasteiger partial charge in [-0.2, -0.15) is 0 Å². The predicted molar refractivity (Wildman–Crippen MR) is 92.1 cm³/mol. The molecule has 1 aliphatic rings. The molecule has 0 aromatic heterocycles. The van der Waals surface area contributed by atoms with Crippen molar-refractivity contribution in [1.82, 2.24) is 5.32 Å². The monoisotopic (exact) mass is 309 g/mol. The van der Waals surface area contributed by atoms with Crippen LogP contribution in [0, 0.1) is 0 Å². The highest BCUT2D eigenvalue weighted by molar-refractivity contribution is 5.94. The Morgan fingerprint density at radius 2 is 1.96 bits per heavy atom. The number of benzene rings is 2. The van der Waals surface area contributed by atoms with E-state index in [-0.39, 0.29) is 5.91 Å². The highest BCUT2D eigenvalue weighted by atomic mass is 16.5. The summed E-state index contributed by atoms with van der Waals surface area (Å²) in [5.41, 5.74) is 3.45. The Morgan fingerprint density at radius 1 is 1.17 bits per heavy atom. The second-order valence-corrected chi connectivity index (χ2v) is 6.04. The van der Waals surface area contributed by atoms with Crippen molar-refractivity contribution in [3.63, 3.8) is 0 Å². The van der Waals surface area contributed by atoms with E-state index in [4.69, 9.17) is 4.74 Å². The molecule has 0 radical (unpaired) electrons. The van der Waals surface area contributed by atoms with Gasteiger partial charge in [0.05, 0.1) is 6.61 Å². The van der Waals surface area contributed by atoms with Crippen molar-refractivity contribution in [2.24, 2.45) is 0 Å². The topological polar surface area (TPSA) is 38.3 Å². The lowest BCUT2D eigenvalue weighted by Gasteiger charge is -2.30. The van der Waals surface area contributed by atoms with Crippen molar-refractivity contribution in [3.8, 4) is 5.75 Å². The van der Waals surface area contributed by atoms with Gasteiger partial charge in [-0.15, -0.1) is 0 Å². The molecule has 0 spiro atoms. The van der Waals surface area contributed by atoms with Gasteiger partial charge >= 0.3 is 0 Å². The Labute approximate surface area is 137 Å². The van der Waals surface area contributed by atoms with Crippen LogP contribution in [0.5, 0.6) is 5.75 Å². The summed E-state index contributed by atoms with van der Waals surface area (Å²) >= 11 is 0. The first-order valence-electron chi connectivity index (χ1n) is 8.37. The maximum absolute atomic E-state index is 12.2. The lowest BCUT2D eigenvalue weighted by atomic mass is 9.77. The molecule has 0 bridgehead atoms. The van der Waals surface area contributed by atoms with Gasteiger partial charge in [-0.1, -0.05) is 37.6 Å². The van der Waals surface area contributed by atoms with Gasteiger partial charge in [0.15, 0.2) is 0 Å². The average Bonchev–Trinajstić information content (AvgIpc) is 2.56. The van der Waals surface area contributed by atoms with Gasteiger partial charge in [0, 0.05) is 18.0 Å². The average molecular weight is 309 g/mol. The number of hydrogen-bond donors (Lipinski definition) is 1. The largest absolute Gasteiger partial charge is 0.494 e. The Morgan fingerprint density at radius 3 is 2.70 bits per heavy atom. The number of amides is 1. The Balaban J connectivity index is 1.49. The van der Waals surface area contributed by atoms with E-state index in [2.05, 4.69) is 36.5 Å². The fraction of sp³-hybridized carbons (Fsp3) is 0.350. The van der Waals surface area contributed by atoms with E-state index in [1.807, 2.05) is 24.3 Å². The van der Waals surface area contributed by atoms with E-state index >= 15 is 0 Å². The first-order valence-corrected chi connectivity index (χ1v) is 8.37. The van der Waals surface area contributed by atoms with Crippen molar-refractivity contribution >= 4 is 5.91 Å². The highest BCUT2D eigenvalue weighted by Gasteiger charge is 2.25. The van der Waals surface area contributed by atoms with Crippen molar-refractivity contribution in [2.45, 2.75) is 32.1 Å². The lowest BCUT2D eigenvalue weighted by Crippen LogP contribution is -2.33. The number of hydrogen-bond acceptors (Lipinski definition) is 2. The summed E-state index contributed by atoms with van der Waals surface area (Å²) < 4.78 is 5.61. The maximum Gasteiger partial charge on any atom is 0.251 e. The van der Waals surface area contributed by atoms with E-state index in [1.54, 1.807) is 0 Å². The van der Waals surface area contributed by atoms with Gasteiger partial charge in [0.2, 0.25) is 0 Å². The molecule has 1 N–H and O–H groups in total. The van der Waals surface area contributed by atoms with Crippen LogP contribution < -0.4 is 10.1 Å². The van der Waals surface area contributed by atoms with Crippen LogP contribution in [0.2, 0.25) is 0 Å². The van der Waals surface area contributed by atoms with Gasteiger partial charge in [-0.25, -0.2) is 0 Å². The van der Waals surface area contributed by atoms with Crippen molar-refractivity contribution < 1.29 is 9.53 Å². The fourth-order valence-electron chi connectivity index (χ4n) is 2.90. The second kappa shape index (κ2) is 7.32. The molecule has 3 nitrogen and oxygen atoms in total. The number of ether oxygens (including phenoxy) is 1. The zero-order valence-electron chi connectivity index (χ0n) is 13.5. The molecule has 3 heteroatoms. The van der Waals surface area contributed by atoms with Gasteiger partial charge < -0.3 is 10.1 Å². The van der Waals surface area contributed by atoms with Crippen LogP contribution in [-0.2, 0) is 6.42 Å². The molecule has 120 valence electrons. The predicted octanol–water partition coefficient (Wildman–Crippen LogP) is 3.94. The van der Waals surface area contributed by atoms with Crippen LogP contribution in [0.1, 0.15) is 47.2 Å². The molecule has 3 rings (SSSR count). The van der Waals surface area contributed by atoms with Crippen LogP contribution >= 0.6 is 0 Å². The smallest absolute Gasteiger partial charge is 0.251 e. The zero-order valence-corrected chi connectivity index (χ0v) is 13.5. The molecule has 2 aromatic rings. The first kappa shape index (κ1) is 15.6. The van der Waals surface area contributed by atoms with Crippen molar-refractivity contribution in [2.75, 3.05) is 13.2 Å². The third kappa shape index (κ3) is 3.73. The normalized spacial score (nSPS) is 15.4. The quantitative estimate of drug-likeness (QED) is 0.787. The molecule has 23 heavy (non-hydrogen) atoms. The summed E-state index contributed by atoms with van der Waals surface area (Å²) in [5.74, 6) is 1.25. The van der Waals surface area contributed by atoms with Crippen LogP contribution in [0.4, 0.5) is 0 Å².